The van der Waals surface area contributed by atoms with Crippen LogP contribution in [0, 0.1) is 23.0 Å². The molecule has 0 aliphatic carbocycles. The molecule has 0 fully saturated rings. The number of pyridine rings is 1. The van der Waals surface area contributed by atoms with Gasteiger partial charge in [-0.2, -0.15) is 5.26 Å². The van der Waals surface area contributed by atoms with Crippen LogP contribution in [0.25, 0.3) is 0 Å². The molecule has 2 rings (SSSR count). The van der Waals surface area contributed by atoms with Gasteiger partial charge in [-0.15, -0.1) is 0 Å². The molecule has 0 spiro atoms. The van der Waals surface area contributed by atoms with Crippen molar-refractivity contribution >= 4 is 15.7 Å². The topological polar surface area (TPSA) is 82.8 Å². The SMILES string of the molecule is N#Cc1ccc(S(=O)(=O)Nc2cc(F)cc(F)c2)cn1. The van der Waals surface area contributed by atoms with Gasteiger partial charge in [0.1, 0.15) is 28.3 Å². The lowest BCUT2D eigenvalue weighted by atomic mass is 10.3. The molecule has 2 aromatic rings. The van der Waals surface area contributed by atoms with E-state index < -0.39 is 21.7 Å². The Bertz CT molecular complexity index is 763. The predicted octanol–water partition coefficient (Wildman–Crippen LogP) is 2.03. The molecule has 0 saturated heterocycles. The van der Waals surface area contributed by atoms with Gasteiger partial charge in [-0.1, -0.05) is 0 Å². The molecule has 0 bridgehead atoms. The van der Waals surface area contributed by atoms with Crippen LogP contribution in [0.2, 0.25) is 0 Å². The van der Waals surface area contributed by atoms with Crippen molar-refractivity contribution in [3.8, 4) is 6.07 Å². The molecule has 1 heterocycles. The molecule has 0 aliphatic rings. The largest absolute Gasteiger partial charge is 0.279 e. The van der Waals surface area contributed by atoms with Crippen molar-refractivity contribution in [2.24, 2.45) is 0 Å². The minimum absolute atomic E-state index is 0.0563. The van der Waals surface area contributed by atoms with E-state index in [4.69, 9.17) is 5.26 Å². The fourth-order valence-electron chi connectivity index (χ4n) is 1.43. The zero-order valence-corrected chi connectivity index (χ0v) is 10.7. The van der Waals surface area contributed by atoms with Crippen LogP contribution < -0.4 is 4.72 Å². The van der Waals surface area contributed by atoms with Crippen molar-refractivity contribution in [1.82, 2.24) is 4.98 Å². The van der Waals surface area contributed by atoms with E-state index in [1.807, 2.05) is 4.72 Å². The summed E-state index contributed by atoms with van der Waals surface area (Å²) in [6, 6.07) is 6.45. The van der Waals surface area contributed by atoms with Gasteiger partial charge < -0.3 is 0 Å². The van der Waals surface area contributed by atoms with Crippen LogP contribution in [0.1, 0.15) is 5.69 Å². The Morgan fingerprint density at radius 1 is 1.15 bits per heavy atom. The zero-order valence-electron chi connectivity index (χ0n) is 9.84. The molecule has 5 nitrogen and oxygen atoms in total. The van der Waals surface area contributed by atoms with Crippen LogP contribution in [0.5, 0.6) is 0 Å². The van der Waals surface area contributed by atoms with Crippen molar-refractivity contribution in [2.45, 2.75) is 4.90 Å². The summed E-state index contributed by atoms with van der Waals surface area (Å²) in [6.07, 6.45) is 0.983. The molecule has 1 aromatic heterocycles. The summed E-state index contributed by atoms with van der Waals surface area (Å²) in [7, 11) is -4.03. The summed E-state index contributed by atoms with van der Waals surface area (Å²) in [6.45, 7) is 0. The first-order valence-electron chi connectivity index (χ1n) is 5.26. The van der Waals surface area contributed by atoms with Crippen molar-refractivity contribution in [3.05, 3.63) is 53.9 Å². The van der Waals surface area contributed by atoms with Gasteiger partial charge in [-0.05, 0) is 24.3 Å². The minimum Gasteiger partial charge on any atom is -0.279 e. The van der Waals surface area contributed by atoms with Crippen LogP contribution in [-0.4, -0.2) is 13.4 Å². The van der Waals surface area contributed by atoms with Gasteiger partial charge in [0.05, 0.1) is 5.69 Å². The second-order valence-electron chi connectivity index (χ2n) is 3.75. The standard InChI is InChI=1S/C12H7F2N3O2S/c13-8-3-9(14)5-11(4-8)17-20(18,19)12-2-1-10(6-15)16-7-12/h1-5,7,17H. The number of rotatable bonds is 3. The number of benzene rings is 1. The number of sulfonamides is 1. The molecule has 0 unspecified atom stereocenters. The summed E-state index contributed by atoms with van der Waals surface area (Å²) < 4.78 is 51.9. The first-order valence-corrected chi connectivity index (χ1v) is 6.74. The lowest BCUT2D eigenvalue weighted by Gasteiger charge is -2.08. The maximum absolute atomic E-state index is 13.0. The third-order valence-electron chi connectivity index (χ3n) is 2.28. The molecule has 0 atom stereocenters. The molecule has 20 heavy (non-hydrogen) atoms. The third kappa shape index (κ3) is 3.07. The van der Waals surface area contributed by atoms with Crippen molar-refractivity contribution in [2.75, 3.05) is 4.72 Å². The fourth-order valence-corrected chi connectivity index (χ4v) is 2.42. The molecule has 8 heteroatoms. The van der Waals surface area contributed by atoms with Crippen LogP contribution in [0.4, 0.5) is 14.5 Å². The fraction of sp³-hybridized carbons (Fsp3) is 0. The number of hydrogen-bond acceptors (Lipinski definition) is 4. The number of nitrogens with one attached hydrogen (secondary N) is 1. The van der Waals surface area contributed by atoms with E-state index in [-0.39, 0.29) is 16.3 Å². The van der Waals surface area contributed by atoms with Crippen LogP contribution in [-0.2, 0) is 10.0 Å². The van der Waals surface area contributed by atoms with Gasteiger partial charge in [0, 0.05) is 12.3 Å². The summed E-state index contributed by atoms with van der Waals surface area (Å²) in [5, 5.41) is 8.57. The molecule has 0 aliphatic heterocycles. The number of nitrogens with zero attached hydrogens (tertiary/aromatic N) is 2. The summed E-state index contributed by atoms with van der Waals surface area (Å²) in [5.74, 6) is -1.80. The van der Waals surface area contributed by atoms with Gasteiger partial charge in [-0.25, -0.2) is 22.2 Å². The Hall–Kier alpha value is -2.53. The molecule has 0 amide bonds. The van der Waals surface area contributed by atoms with E-state index in [1.54, 1.807) is 6.07 Å². The van der Waals surface area contributed by atoms with E-state index in [2.05, 4.69) is 4.98 Å². The van der Waals surface area contributed by atoms with E-state index in [0.717, 1.165) is 18.3 Å². The number of aromatic nitrogens is 1. The highest BCUT2D eigenvalue weighted by atomic mass is 32.2. The summed E-state index contributed by atoms with van der Waals surface area (Å²) in [4.78, 5) is 3.39. The lowest BCUT2D eigenvalue weighted by Crippen LogP contribution is -2.13. The summed E-state index contributed by atoms with van der Waals surface area (Å²) >= 11 is 0. The minimum atomic E-state index is -4.03. The Morgan fingerprint density at radius 3 is 2.30 bits per heavy atom. The number of hydrogen-bond donors (Lipinski definition) is 1. The first-order chi connectivity index (χ1) is 9.40. The Morgan fingerprint density at radius 2 is 1.80 bits per heavy atom. The van der Waals surface area contributed by atoms with Crippen molar-refractivity contribution in [1.29, 1.82) is 5.26 Å². The van der Waals surface area contributed by atoms with E-state index in [1.165, 1.54) is 12.1 Å². The van der Waals surface area contributed by atoms with Gasteiger partial charge in [-0.3, -0.25) is 4.72 Å². The van der Waals surface area contributed by atoms with Gasteiger partial charge in [0.15, 0.2) is 0 Å². The third-order valence-corrected chi connectivity index (χ3v) is 3.64. The number of nitriles is 1. The van der Waals surface area contributed by atoms with E-state index >= 15 is 0 Å². The van der Waals surface area contributed by atoms with E-state index in [9.17, 15) is 17.2 Å². The highest BCUT2D eigenvalue weighted by molar-refractivity contribution is 7.92. The second kappa shape index (κ2) is 5.22. The normalized spacial score (nSPS) is 10.8. The molecule has 0 radical (unpaired) electrons. The van der Waals surface area contributed by atoms with Gasteiger partial charge >= 0.3 is 0 Å². The van der Waals surface area contributed by atoms with Crippen LogP contribution in [0.3, 0.4) is 0 Å². The first kappa shape index (κ1) is 13.9. The van der Waals surface area contributed by atoms with Crippen LogP contribution >= 0.6 is 0 Å². The molecular weight excluding hydrogens is 288 g/mol. The maximum Gasteiger partial charge on any atom is 0.263 e. The van der Waals surface area contributed by atoms with Gasteiger partial charge in [0.25, 0.3) is 10.0 Å². The predicted molar refractivity (Wildman–Crippen MR) is 66.1 cm³/mol. The van der Waals surface area contributed by atoms with Crippen LogP contribution in [0.15, 0.2) is 41.4 Å². The molecule has 1 N–H and O–H groups in total. The zero-order chi connectivity index (χ0) is 14.8. The maximum atomic E-state index is 13.0. The highest BCUT2D eigenvalue weighted by Crippen LogP contribution is 2.18. The highest BCUT2D eigenvalue weighted by Gasteiger charge is 2.15. The molecule has 102 valence electrons. The smallest absolute Gasteiger partial charge is 0.263 e. The summed E-state index contributed by atoms with van der Waals surface area (Å²) in [5.41, 5.74) is -0.187. The molecule has 1 aromatic carbocycles. The van der Waals surface area contributed by atoms with Crippen molar-refractivity contribution < 1.29 is 17.2 Å². The Balaban J connectivity index is 2.33. The Kier molecular flexibility index (Phi) is 3.63. The lowest BCUT2D eigenvalue weighted by molar-refractivity contribution is 0.584. The number of anilines is 1. The average molecular weight is 295 g/mol. The second-order valence-corrected chi connectivity index (χ2v) is 5.44. The monoisotopic (exact) mass is 295 g/mol. The van der Waals surface area contributed by atoms with Crippen molar-refractivity contribution in [3.63, 3.8) is 0 Å². The average Bonchev–Trinajstić information content (AvgIpc) is 2.37. The molecular formula is C12H7F2N3O2S. The number of halogens is 2. The molecule has 0 saturated carbocycles. The van der Waals surface area contributed by atoms with E-state index in [0.29, 0.717) is 6.07 Å². The quantitative estimate of drug-likeness (QED) is 0.939. The van der Waals surface area contributed by atoms with Gasteiger partial charge in [0.2, 0.25) is 0 Å². The Labute approximate surface area is 113 Å².